The van der Waals surface area contributed by atoms with Gasteiger partial charge in [0.2, 0.25) is 4.96 Å². The molecule has 0 unspecified atom stereocenters. The molecule has 2 rings (SSSR count). The van der Waals surface area contributed by atoms with Gasteiger partial charge in [-0.1, -0.05) is 16.5 Å². The van der Waals surface area contributed by atoms with E-state index in [2.05, 4.69) is 15.2 Å². The number of aromatic nitrogens is 3. The van der Waals surface area contributed by atoms with Gasteiger partial charge in [-0.05, 0) is 0 Å². The van der Waals surface area contributed by atoms with Crippen molar-refractivity contribution >= 4 is 22.5 Å². The normalized spacial score (nSPS) is 11.6. The van der Waals surface area contributed by atoms with Crippen LogP contribution in [-0.2, 0) is 0 Å². The van der Waals surface area contributed by atoms with Gasteiger partial charge in [0.15, 0.2) is 0 Å². The van der Waals surface area contributed by atoms with Gasteiger partial charge < -0.3 is 5.21 Å². The molecule has 0 amide bonds. The van der Waals surface area contributed by atoms with E-state index in [1.807, 2.05) is 0 Å². The number of oxime groups is 1. The second-order valence-electron chi connectivity index (χ2n) is 1.86. The van der Waals surface area contributed by atoms with Crippen LogP contribution < -0.4 is 0 Å². The first-order valence-electron chi connectivity index (χ1n) is 2.86. The van der Waals surface area contributed by atoms with Crippen molar-refractivity contribution in [3.05, 3.63) is 17.4 Å². The Morgan fingerprint density at radius 2 is 2.64 bits per heavy atom. The molecule has 2 aromatic rings. The molecule has 5 nitrogen and oxygen atoms in total. The molecule has 11 heavy (non-hydrogen) atoms. The summed E-state index contributed by atoms with van der Waals surface area (Å²) in [5.41, 5.74) is 2.35. The van der Waals surface area contributed by atoms with E-state index in [1.165, 1.54) is 17.6 Å². The van der Waals surface area contributed by atoms with Gasteiger partial charge in [0.05, 0.1) is 12.4 Å². The minimum Gasteiger partial charge on any atom is -0.411 e. The first-order valence-corrected chi connectivity index (χ1v) is 3.74. The Hall–Kier alpha value is -1.43. The lowest BCUT2D eigenvalue weighted by atomic mass is 10.5. The van der Waals surface area contributed by atoms with Gasteiger partial charge in [-0.3, -0.25) is 0 Å². The fourth-order valence-electron chi connectivity index (χ4n) is 0.803. The minimum absolute atomic E-state index is 0.670. The average molecular weight is 168 g/mol. The lowest BCUT2D eigenvalue weighted by Gasteiger charge is -1.82. The third kappa shape index (κ3) is 0.874. The molecule has 0 bridgehead atoms. The second-order valence-corrected chi connectivity index (χ2v) is 2.67. The van der Waals surface area contributed by atoms with Crippen molar-refractivity contribution in [2.75, 3.05) is 0 Å². The van der Waals surface area contributed by atoms with Gasteiger partial charge in [0.25, 0.3) is 0 Å². The van der Waals surface area contributed by atoms with Crippen LogP contribution in [0.3, 0.4) is 0 Å². The average Bonchev–Trinajstić information content (AvgIpc) is 2.53. The molecule has 0 aromatic carbocycles. The van der Waals surface area contributed by atoms with Crippen molar-refractivity contribution in [2.45, 2.75) is 0 Å². The van der Waals surface area contributed by atoms with E-state index in [0.29, 0.717) is 5.69 Å². The Bertz CT molecular complexity index is 390. The Morgan fingerprint density at radius 1 is 1.73 bits per heavy atom. The van der Waals surface area contributed by atoms with E-state index < -0.39 is 0 Å². The molecule has 0 saturated heterocycles. The van der Waals surface area contributed by atoms with Crippen LogP contribution in [0.5, 0.6) is 0 Å². The quantitative estimate of drug-likeness (QED) is 0.385. The van der Waals surface area contributed by atoms with Crippen molar-refractivity contribution in [2.24, 2.45) is 5.16 Å². The van der Waals surface area contributed by atoms with E-state index >= 15 is 0 Å². The van der Waals surface area contributed by atoms with Crippen LogP contribution >= 0.6 is 11.3 Å². The zero-order valence-electron chi connectivity index (χ0n) is 5.38. The fourth-order valence-corrected chi connectivity index (χ4v) is 1.40. The number of hydrogen-bond donors (Lipinski definition) is 1. The number of nitrogens with zero attached hydrogens (tertiary/aromatic N) is 4. The zero-order valence-corrected chi connectivity index (χ0v) is 6.19. The monoisotopic (exact) mass is 168 g/mol. The maximum atomic E-state index is 8.24. The van der Waals surface area contributed by atoms with E-state index in [4.69, 9.17) is 5.21 Å². The molecule has 6 heteroatoms. The lowest BCUT2D eigenvalue weighted by Crippen LogP contribution is -1.89. The van der Waals surface area contributed by atoms with Crippen LogP contribution in [0.1, 0.15) is 5.69 Å². The Morgan fingerprint density at radius 3 is 3.45 bits per heavy atom. The molecule has 0 aliphatic rings. The Kier molecular flexibility index (Phi) is 1.32. The molecule has 2 heterocycles. The maximum absolute atomic E-state index is 8.24. The van der Waals surface area contributed by atoms with E-state index in [1.54, 1.807) is 16.2 Å². The highest BCUT2D eigenvalue weighted by Gasteiger charge is 2.01. The van der Waals surface area contributed by atoms with E-state index in [0.717, 1.165) is 4.96 Å². The molecule has 56 valence electrons. The summed E-state index contributed by atoms with van der Waals surface area (Å²) < 4.78 is 1.60. The van der Waals surface area contributed by atoms with Crippen LogP contribution in [0.4, 0.5) is 0 Å². The van der Waals surface area contributed by atoms with Gasteiger partial charge in [-0.15, -0.1) is 0 Å². The van der Waals surface area contributed by atoms with Crippen LogP contribution in [0.2, 0.25) is 0 Å². The Labute approximate surface area is 65.6 Å². The topological polar surface area (TPSA) is 62.8 Å². The second kappa shape index (κ2) is 2.31. The number of rotatable bonds is 1. The van der Waals surface area contributed by atoms with Crippen molar-refractivity contribution in [1.29, 1.82) is 0 Å². The number of imidazole rings is 1. The minimum atomic E-state index is 0.670. The predicted octanol–water partition coefficient (Wildman–Crippen LogP) is 0.599. The van der Waals surface area contributed by atoms with Gasteiger partial charge >= 0.3 is 0 Å². The molecule has 0 radical (unpaired) electrons. The molecule has 2 aromatic heterocycles. The maximum Gasteiger partial charge on any atom is 0.212 e. The molecule has 0 atom stereocenters. The molecular weight excluding hydrogens is 164 g/mol. The van der Waals surface area contributed by atoms with E-state index in [9.17, 15) is 0 Å². The molecule has 1 N–H and O–H groups in total. The van der Waals surface area contributed by atoms with E-state index in [-0.39, 0.29) is 0 Å². The standard InChI is InChI=1S/C5H4N4OS/c10-8-2-4-1-6-5-9(4)7-3-11-5/h1-3,10H. The van der Waals surface area contributed by atoms with Gasteiger partial charge in [-0.2, -0.15) is 5.10 Å². The number of fused-ring (bicyclic) bond motifs is 1. The van der Waals surface area contributed by atoms with Crippen LogP contribution in [-0.4, -0.2) is 26.0 Å². The predicted molar refractivity (Wildman–Crippen MR) is 40.2 cm³/mol. The summed E-state index contributed by atoms with van der Waals surface area (Å²) in [7, 11) is 0. The summed E-state index contributed by atoms with van der Waals surface area (Å²) in [5, 5.41) is 15.1. The van der Waals surface area contributed by atoms with Crippen molar-refractivity contribution in [3.8, 4) is 0 Å². The van der Waals surface area contributed by atoms with Crippen LogP contribution in [0.15, 0.2) is 16.9 Å². The third-order valence-electron chi connectivity index (χ3n) is 1.24. The van der Waals surface area contributed by atoms with Crippen molar-refractivity contribution < 1.29 is 5.21 Å². The summed E-state index contributed by atoms with van der Waals surface area (Å²) in [4.78, 5) is 4.81. The molecular formula is C5H4N4OS. The van der Waals surface area contributed by atoms with Crippen molar-refractivity contribution in [1.82, 2.24) is 14.6 Å². The summed E-state index contributed by atoms with van der Waals surface area (Å²) in [6, 6.07) is 0. The molecule has 0 spiro atoms. The van der Waals surface area contributed by atoms with Gasteiger partial charge in [0, 0.05) is 0 Å². The number of hydrogen-bond acceptors (Lipinski definition) is 5. The van der Waals surface area contributed by atoms with Crippen LogP contribution in [0, 0.1) is 0 Å². The smallest absolute Gasteiger partial charge is 0.212 e. The highest BCUT2D eigenvalue weighted by Crippen LogP contribution is 2.07. The van der Waals surface area contributed by atoms with Crippen molar-refractivity contribution in [3.63, 3.8) is 0 Å². The molecule has 0 aliphatic carbocycles. The lowest BCUT2D eigenvalue weighted by molar-refractivity contribution is 0.321. The highest BCUT2D eigenvalue weighted by atomic mass is 32.1. The zero-order chi connectivity index (χ0) is 7.68. The summed E-state index contributed by atoms with van der Waals surface area (Å²) in [6.07, 6.45) is 2.89. The summed E-state index contributed by atoms with van der Waals surface area (Å²) in [5.74, 6) is 0. The largest absolute Gasteiger partial charge is 0.411 e. The molecule has 0 aliphatic heterocycles. The summed E-state index contributed by atoms with van der Waals surface area (Å²) in [6.45, 7) is 0. The molecule has 0 fully saturated rings. The first-order chi connectivity index (χ1) is 5.42. The molecule has 0 saturated carbocycles. The van der Waals surface area contributed by atoms with Crippen LogP contribution in [0.25, 0.3) is 4.96 Å². The van der Waals surface area contributed by atoms with Gasteiger partial charge in [-0.25, -0.2) is 9.50 Å². The SMILES string of the molecule is ON=Cc1cnc2scnn12. The summed E-state index contributed by atoms with van der Waals surface area (Å²) >= 11 is 1.43. The Balaban J connectivity index is 2.68. The third-order valence-corrected chi connectivity index (χ3v) is 1.93. The highest BCUT2D eigenvalue weighted by molar-refractivity contribution is 7.14. The fraction of sp³-hybridized carbons (Fsp3) is 0. The first kappa shape index (κ1) is 6.29. The van der Waals surface area contributed by atoms with Gasteiger partial charge in [0.1, 0.15) is 11.2 Å².